The second kappa shape index (κ2) is 6.83. The van der Waals surface area contributed by atoms with E-state index in [2.05, 4.69) is 27.5 Å². The molecule has 2 aromatic rings. The van der Waals surface area contributed by atoms with Crippen LogP contribution in [0.25, 0.3) is 0 Å². The van der Waals surface area contributed by atoms with Gasteiger partial charge in [0, 0.05) is 18.4 Å². The number of benzene rings is 1. The fourth-order valence-corrected chi connectivity index (χ4v) is 1.82. The average Bonchev–Trinajstić information content (AvgIpc) is 2.49. The van der Waals surface area contributed by atoms with Crippen molar-refractivity contribution >= 4 is 17.5 Å². The summed E-state index contributed by atoms with van der Waals surface area (Å²) in [5.74, 6) is 0.241. The number of hydrogen-bond acceptors (Lipinski definition) is 4. The Balaban J connectivity index is 2.10. The van der Waals surface area contributed by atoms with E-state index in [-0.39, 0.29) is 5.91 Å². The molecule has 0 aliphatic rings. The maximum atomic E-state index is 12.2. The first-order valence-corrected chi connectivity index (χ1v) is 7.05. The Morgan fingerprint density at radius 1 is 1.19 bits per heavy atom. The van der Waals surface area contributed by atoms with Crippen molar-refractivity contribution < 1.29 is 4.79 Å². The van der Waals surface area contributed by atoms with Crippen molar-refractivity contribution in [1.82, 2.24) is 9.97 Å². The summed E-state index contributed by atoms with van der Waals surface area (Å²) in [6, 6.07) is 7.43. The van der Waals surface area contributed by atoms with Crippen LogP contribution < -0.4 is 10.6 Å². The average molecular weight is 284 g/mol. The molecule has 0 spiro atoms. The van der Waals surface area contributed by atoms with Gasteiger partial charge in [-0.3, -0.25) is 4.79 Å². The molecule has 0 aliphatic heterocycles. The largest absolute Gasteiger partial charge is 0.354 e. The molecule has 0 fully saturated rings. The van der Waals surface area contributed by atoms with E-state index in [1.807, 2.05) is 32.0 Å². The van der Waals surface area contributed by atoms with E-state index < -0.39 is 0 Å². The molecule has 1 heterocycles. The number of hydrogen-bond donors (Lipinski definition) is 2. The van der Waals surface area contributed by atoms with Gasteiger partial charge in [0.2, 0.25) is 5.95 Å². The third-order valence-corrected chi connectivity index (χ3v) is 3.19. The summed E-state index contributed by atoms with van der Waals surface area (Å²) in [7, 11) is 0. The molecular formula is C16H20N4O. The van der Waals surface area contributed by atoms with E-state index in [9.17, 15) is 4.79 Å². The van der Waals surface area contributed by atoms with E-state index in [0.29, 0.717) is 11.6 Å². The Labute approximate surface area is 124 Å². The molecule has 0 saturated heterocycles. The fraction of sp³-hybridized carbons (Fsp3) is 0.312. The Kier molecular flexibility index (Phi) is 4.87. The molecular weight excluding hydrogens is 264 g/mol. The topological polar surface area (TPSA) is 66.9 Å². The summed E-state index contributed by atoms with van der Waals surface area (Å²) >= 11 is 0. The molecule has 5 heteroatoms. The van der Waals surface area contributed by atoms with Crippen LogP contribution in [0.1, 0.15) is 35.0 Å². The summed E-state index contributed by atoms with van der Waals surface area (Å²) in [6.07, 6.45) is 2.56. The highest BCUT2D eigenvalue weighted by Crippen LogP contribution is 2.15. The zero-order chi connectivity index (χ0) is 15.2. The predicted molar refractivity (Wildman–Crippen MR) is 84.7 cm³/mol. The van der Waals surface area contributed by atoms with Crippen molar-refractivity contribution in [1.29, 1.82) is 0 Å². The molecule has 2 N–H and O–H groups in total. The molecule has 21 heavy (non-hydrogen) atoms. The summed E-state index contributed by atoms with van der Waals surface area (Å²) in [5, 5.41) is 5.92. The highest BCUT2D eigenvalue weighted by molar-refractivity contribution is 6.03. The number of rotatable bonds is 5. The molecule has 110 valence electrons. The predicted octanol–water partition coefficient (Wildman–Crippen LogP) is 3.17. The second-order valence-electron chi connectivity index (χ2n) is 4.95. The molecule has 0 radical (unpaired) electrons. The van der Waals surface area contributed by atoms with Crippen LogP contribution in [0, 0.1) is 13.8 Å². The summed E-state index contributed by atoms with van der Waals surface area (Å²) < 4.78 is 0. The summed E-state index contributed by atoms with van der Waals surface area (Å²) in [6.45, 7) is 6.89. The Morgan fingerprint density at radius 3 is 2.71 bits per heavy atom. The molecule has 1 aromatic heterocycles. The maximum absolute atomic E-state index is 12.2. The van der Waals surface area contributed by atoms with Crippen LogP contribution in [0.5, 0.6) is 0 Å². The maximum Gasteiger partial charge on any atom is 0.274 e. The smallest absolute Gasteiger partial charge is 0.274 e. The minimum absolute atomic E-state index is 0.236. The lowest BCUT2D eigenvalue weighted by molar-refractivity contribution is 0.102. The Hall–Kier alpha value is -2.43. The Bertz CT molecular complexity index is 640. The van der Waals surface area contributed by atoms with Crippen LogP contribution in [0.4, 0.5) is 11.6 Å². The quantitative estimate of drug-likeness (QED) is 0.885. The first-order chi connectivity index (χ1) is 10.1. The minimum Gasteiger partial charge on any atom is -0.354 e. The number of nitrogens with zero attached hydrogens (tertiary/aromatic N) is 2. The number of amides is 1. The highest BCUT2D eigenvalue weighted by Gasteiger charge is 2.09. The van der Waals surface area contributed by atoms with E-state index in [4.69, 9.17) is 0 Å². The van der Waals surface area contributed by atoms with Crippen molar-refractivity contribution in [3.8, 4) is 0 Å². The van der Waals surface area contributed by atoms with Gasteiger partial charge >= 0.3 is 0 Å². The SMILES string of the molecule is CCCNc1nccc(C(=O)Nc2ccc(C)c(C)c2)n1. The van der Waals surface area contributed by atoms with Crippen molar-refractivity contribution in [2.45, 2.75) is 27.2 Å². The van der Waals surface area contributed by atoms with Crippen LogP contribution >= 0.6 is 0 Å². The van der Waals surface area contributed by atoms with Gasteiger partial charge in [-0.2, -0.15) is 0 Å². The van der Waals surface area contributed by atoms with Crippen LogP contribution in [-0.2, 0) is 0 Å². The van der Waals surface area contributed by atoms with Gasteiger partial charge in [0.1, 0.15) is 5.69 Å². The molecule has 5 nitrogen and oxygen atoms in total. The molecule has 2 rings (SSSR count). The third-order valence-electron chi connectivity index (χ3n) is 3.19. The standard InChI is InChI=1S/C16H20N4O/c1-4-8-17-16-18-9-7-14(20-16)15(21)19-13-6-5-11(2)12(3)10-13/h5-7,9-10H,4,8H2,1-3H3,(H,19,21)(H,17,18,20). The lowest BCUT2D eigenvalue weighted by Crippen LogP contribution is -2.15. The first kappa shape index (κ1) is 15.0. The molecule has 0 aliphatic carbocycles. The van der Waals surface area contributed by atoms with E-state index in [0.717, 1.165) is 24.2 Å². The van der Waals surface area contributed by atoms with E-state index in [1.54, 1.807) is 12.3 Å². The van der Waals surface area contributed by atoms with E-state index >= 15 is 0 Å². The van der Waals surface area contributed by atoms with Crippen molar-refractivity contribution in [3.63, 3.8) is 0 Å². The molecule has 0 bridgehead atoms. The zero-order valence-corrected chi connectivity index (χ0v) is 12.6. The van der Waals surface area contributed by atoms with Gasteiger partial charge in [-0.15, -0.1) is 0 Å². The van der Waals surface area contributed by atoms with Crippen molar-refractivity contribution in [2.24, 2.45) is 0 Å². The van der Waals surface area contributed by atoms with E-state index in [1.165, 1.54) is 5.56 Å². The number of aromatic nitrogens is 2. The Morgan fingerprint density at radius 2 is 2.00 bits per heavy atom. The summed E-state index contributed by atoms with van der Waals surface area (Å²) in [5.41, 5.74) is 3.45. The van der Waals surface area contributed by atoms with Crippen molar-refractivity contribution in [2.75, 3.05) is 17.2 Å². The van der Waals surface area contributed by atoms with Gasteiger partial charge in [0.25, 0.3) is 5.91 Å². The van der Waals surface area contributed by atoms with Crippen LogP contribution in [-0.4, -0.2) is 22.4 Å². The molecule has 0 atom stereocenters. The minimum atomic E-state index is -0.236. The fourth-order valence-electron chi connectivity index (χ4n) is 1.82. The molecule has 0 unspecified atom stereocenters. The van der Waals surface area contributed by atoms with Gasteiger partial charge in [-0.1, -0.05) is 13.0 Å². The number of anilines is 2. The van der Waals surface area contributed by atoms with Crippen molar-refractivity contribution in [3.05, 3.63) is 47.3 Å². The lowest BCUT2D eigenvalue weighted by Gasteiger charge is -2.08. The molecule has 1 amide bonds. The number of aryl methyl sites for hydroxylation is 2. The van der Waals surface area contributed by atoms with Gasteiger partial charge < -0.3 is 10.6 Å². The van der Waals surface area contributed by atoms with Crippen LogP contribution in [0.3, 0.4) is 0 Å². The monoisotopic (exact) mass is 284 g/mol. The molecule has 1 aromatic carbocycles. The van der Waals surface area contributed by atoms with Crippen LogP contribution in [0.2, 0.25) is 0 Å². The second-order valence-corrected chi connectivity index (χ2v) is 4.95. The first-order valence-electron chi connectivity index (χ1n) is 7.05. The number of carbonyl (C=O) groups is 1. The van der Waals surface area contributed by atoms with Gasteiger partial charge in [-0.05, 0) is 49.6 Å². The van der Waals surface area contributed by atoms with Gasteiger partial charge in [-0.25, -0.2) is 9.97 Å². The third kappa shape index (κ3) is 4.02. The van der Waals surface area contributed by atoms with Gasteiger partial charge in [0.05, 0.1) is 0 Å². The van der Waals surface area contributed by atoms with Crippen LogP contribution in [0.15, 0.2) is 30.5 Å². The highest BCUT2D eigenvalue weighted by atomic mass is 16.1. The summed E-state index contributed by atoms with van der Waals surface area (Å²) in [4.78, 5) is 20.5. The lowest BCUT2D eigenvalue weighted by atomic mass is 10.1. The molecule has 0 saturated carbocycles. The number of nitrogens with one attached hydrogen (secondary N) is 2. The number of carbonyl (C=O) groups excluding carboxylic acids is 1. The zero-order valence-electron chi connectivity index (χ0n) is 12.6. The normalized spacial score (nSPS) is 10.2. The van der Waals surface area contributed by atoms with Gasteiger partial charge in [0.15, 0.2) is 0 Å².